The lowest BCUT2D eigenvalue weighted by Crippen LogP contribution is -2.42. The molecular weight excluding hydrogens is 548 g/mol. The normalized spacial score (nSPS) is 18.2. The second-order valence-corrected chi connectivity index (χ2v) is 14.2. The fraction of sp³-hybridized carbons (Fsp3) is 0.538. The van der Waals surface area contributed by atoms with Gasteiger partial charge in [0.2, 0.25) is 0 Å². The van der Waals surface area contributed by atoms with E-state index >= 15 is 0 Å². The minimum atomic E-state index is -0.816. The molecule has 1 aliphatic carbocycles. The Kier molecular flexibility index (Phi) is 10.2. The average Bonchev–Trinajstić information content (AvgIpc) is 3.46. The van der Waals surface area contributed by atoms with Crippen molar-refractivity contribution in [2.45, 2.75) is 123 Å². The number of carbonyl (C=O) groups excluding carboxylic acids is 2. The van der Waals surface area contributed by atoms with Crippen LogP contribution >= 0.6 is 0 Å². The summed E-state index contributed by atoms with van der Waals surface area (Å²) in [6, 6.07) is 21.6. The molecule has 5 heteroatoms. The first kappa shape index (κ1) is 33.6. The number of rotatable bonds is 13. The number of phenolic OH excluding ortho intramolecular Hbond substituents is 1. The van der Waals surface area contributed by atoms with Crippen LogP contribution in [0.3, 0.4) is 0 Å². The molecule has 3 aromatic rings. The topological polar surface area (TPSA) is 72.8 Å². The van der Waals surface area contributed by atoms with E-state index < -0.39 is 16.4 Å². The van der Waals surface area contributed by atoms with Gasteiger partial charge in [-0.15, -0.1) is 0 Å². The van der Waals surface area contributed by atoms with Crippen LogP contribution in [0.5, 0.6) is 5.75 Å². The number of carbonyl (C=O) groups is 2. The third kappa shape index (κ3) is 7.30. The fourth-order valence-corrected chi connectivity index (χ4v) is 7.61. The number of benzene rings is 3. The summed E-state index contributed by atoms with van der Waals surface area (Å²) in [4.78, 5) is 27.9. The molecule has 238 valence electrons. The first-order valence-electron chi connectivity index (χ1n) is 16.5. The number of ether oxygens (including phenoxy) is 2. The van der Waals surface area contributed by atoms with Crippen molar-refractivity contribution in [2.75, 3.05) is 0 Å². The van der Waals surface area contributed by atoms with Gasteiger partial charge in [0.1, 0.15) is 17.0 Å². The summed E-state index contributed by atoms with van der Waals surface area (Å²) in [7, 11) is 0. The van der Waals surface area contributed by atoms with Gasteiger partial charge in [0, 0.05) is 0 Å². The van der Waals surface area contributed by atoms with E-state index in [1.54, 1.807) is 12.1 Å². The van der Waals surface area contributed by atoms with Gasteiger partial charge in [-0.2, -0.15) is 0 Å². The summed E-state index contributed by atoms with van der Waals surface area (Å²) in [5.41, 5.74) is -0.491. The Morgan fingerprint density at radius 3 is 2.14 bits per heavy atom. The second kappa shape index (κ2) is 13.3. The molecule has 0 aromatic heterocycles. The van der Waals surface area contributed by atoms with Crippen molar-refractivity contribution in [1.82, 2.24) is 0 Å². The minimum absolute atomic E-state index is 0.0310. The molecule has 1 saturated carbocycles. The number of phenols is 1. The molecule has 0 radical (unpaired) electrons. The molecule has 1 fully saturated rings. The predicted molar refractivity (Wildman–Crippen MR) is 178 cm³/mol. The average molecular weight is 601 g/mol. The van der Waals surface area contributed by atoms with E-state index in [4.69, 9.17) is 9.47 Å². The third-order valence-corrected chi connectivity index (χ3v) is 10.3. The molecule has 44 heavy (non-hydrogen) atoms. The molecule has 0 bridgehead atoms. The Morgan fingerprint density at radius 1 is 0.886 bits per heavy atom. The highest BCUT2D eigenvalue weighted by atomic mass is 16.6. The van der Waals surface area contributed by atoms with Crippen LogP contribution in [0, 0.1) is 10.8 Å². The van der Waals surface area contributed by atoms with E-state index in [0.717, 1.165) is 60.4 Å². The molecule has 0 saturated heterocycles. The predicted octanol–water partition coefficient (Wildman–Crippen LogP) is 9.99. The molecule has 3 unspecified atom stereocenters. The zero-order valence-electron chi connectivity index (χ0n) is 27.9. The zero-order chi connectivity index (χ0) is 32.2. The number of fused-ring (bicyclic) bond motifs is 1. The van der Waals surface area contributed by atoms with Gasteiger partial charge in [-0.1, -0.05) is 82.3 Å². The summed E-state index contributed by atoms with van der Waals surface area (Å²) in [5, 5.41) is 12.0. The number of hydrogen-bond donors (Lipinski definition) is 1. The zero-order valence-corrected chi connectivity index (χ0v) is 27.9. The lowest BCUT2D eigenvalue weighted by atomic mass is 9.62. The largest absolute Gasteiger partial charge is 0.508 e. The van der Waals surface area contributed by atoms with Gasteiger partial charge in [-0.05, 0) is 118 Å². The van der Waals surface area contributed by atoms with Crippen LogP contribution < -0.4 is 0 Å². The molecular formula is C39H52O5. The van der Waals surface area contributed by atoms with Crippen LogP contribution in [-0.4, -0.2) is 22.6 Å². The van der Waals surface area contributed by atoms with E-state index in [9.17, 15) is 14.7 Å². The Labute approximate surface area is 264 Å². The molecule has 1 aliphatic rings. The summed E-state index contributed by atoms with van der Waals surface area (Å²) in [6.07, 6.45) is 6.86. The lowest BCUT2D eigenvalue weighted by Gasteiger charge is -2.43. The second-order valence-electron chi connectivity index (χ2n) is 14.2. The number of aromatic hydroxyl groups is 1. The van der Waals surface area contributed by atoms with Gasteiger partial charge in [0.05, 0.1) is 11.8 Å². The van der Waals surface area contributed by atoms with Gasteiger partial charge in [0.15, 0.2) is 0 Å². The van der Waals surface area contributed by atoms with E-state index in [2.05, 4.69) is 32.9 Å². The Morgan fingerprint density at radius 2 is 1.52 bits per heavy atom. The molecule has 0 amide bonds. The van der Waals surface area contributed by atoms with Crippen LogP contribution in [-0.2, 0) is 24.7 Å². The number of hydrogen-bond acceptors (Lipinski definition) is 5. The van der Waals surface area contributed by atoms with E-state index in [0.29, 0.717) is 12.8 Å². The van der Waals surface area contributed by atoms with Gasteiger partial charge >= 0.3 is 11.9 Å². The first-order valence-corrected chi connectivity index (χ1v) is 16.5. The number of esters is 2. The first-order chi connectivity index (χ1) is 20.8. The van der Waals surface area contributed by atoms with Crippen molar-refractivity contribution in [3.8, 4) is 5.75 Å². The Bertz CT molecular complexity index is 1440. The van der Waals surface area contributed by atoms with E-state index in [1.807, 2.05) is 70.2 Å². The molecule has 4 rings (SSSR count). The minimum Gasteiger partial charge on any atom is -0.508 e. The Balaban J connectivity index is 1.69. The third-order valence-electron chi connectivity index (χ3n) is 10.3. The molecule has 0 spiro atoms. The highest BCUT2D eigenvalue weighted by Gasteiger charge is 2.47. The van der Waals surface area contributed by atoms with Crippen LogP contribution in [0.25, 0.3) is 10.8 Å². The van der Waals surface area contributed by atoms with Crippen molar-refractivity contribution in [1.29, 1.82) is 0 Å². The lowest BCUT2D eigenvalue weighted by molar-refractivity contribution is -0.175. The van der Waals surface area contributed by atoms with Crippen molar-refractivity contribution < 1.29 is 24.2 Å². The van der Waals surface area contributed by atoms with E-state index in [1.165, 1.54) is 0 Å². The van der Waals surface area contributed by atoms with Crippen molar-refractivity contribution in [3.63, 3.8) is 0 Å². The van der Waals surface area contributed by atoms with Crippen molar-refractivity contribution in [2.24, 2.45) is 10.8 Å². The maximum Gasteiger partial charge on any atom is 0.312 e. The van der Waals surface area contributed by atoms with Crippen molar-refractivity contribution in [3.05, 3.63) is 77.9 Å². The highest BCUT2D eigenvalue weighted by Crippen LogP contribution is 2.51. The Hall–Kier alpha value is -3.34. The smallest absolute Gasteiger partial charge is 0.312 e. The van der Waals surface area contributed by atoms with E-state index in [-0.39, 0.29) is 35.6 Å². The van der Waals surface area contributed by atoms with Gasteiger partial charge < -0.3 is 14.6 Å². The van der Waals surface area contributed by atoms with Gasteiger partial charge in [-0.25, -0.2) is 0 Å². The molecule has 3 atom stereocenters. The van der Waals surface area contributed by atoms with Gasteiger partial charge in [-0.3, -0.25) is 9.59 Å². The summed E-state index contributed by atoms with van der Waals surface area (Å²) >= 11 is 0. The molecule has 3 aromatic carbocycles. The highest BCUT2D eigenvalue weighted by molar-refractivity contribution is 5.84. The maximum absolute atomic E-state index is 14.0. The fourth-order valence-electron chi connectivity index (χ4n) is 7.61. The quantitative estimate of drug-likeness (QED) is 0.198. The summed E-state index contributed by atoms with van der Waals surface area (Å²) < 4.78 is 12.6. The van der Waals surface area contributed by atoms with Crippen LogP contribution in [0.4, 0.5) is 0 Å². The molecule has 0 heterocycles. The standard InChI is InChI=1S/C39H52O5/c1-8-33(30-19-18-29-25-32(40)21-20-28(29)24-30)37(6,26-34(41)43-38(7,9-2)31-16-12-11-13-17-31)27-36(4,5)35(42)44-39(10-3)22-14-15-23-39/h11-13,16-21,24-25,33,40H,8-10,14-15,22-23,26-27H2,1-7H3. The van der Waals surface area contributed by atoms with Crippen molar-refractivity contribution >= 4 is 22.7 Å². The molecule has 0 aliphatic heterocycles. The monoisotopic (exact) mass is 600 g/mol. The van der Waals surface area contributed by atoms with Gasteiger partial charge in [0.25, 0.3) is 0 Å². The summed E-state index contributed by atoms with van der Waals surface area (Å²) in [5.74, 6) is -0.256. The molecule has 1 N–H and O–H groups in total. The van der Waals surface area contributed by atoms with Crippen LogP contribution in [0.2, 0.25) is 0 Å². The van der Waals surface area contributed by atoms with Crippen LogP contribution in [0.1, 0.15) is 123 Å². The van der Waals surface area contributed by atoms with Crippen LogP contribution in [0.15, 0.2) is 66.7 Å². The molecule has 5 nitrogen and oxygen atoms in total. The maximum atomic E-state index is 14.0. The summed E-state index contributed by atoms with van der Waals surface area (Å²) in [6.45, 7) is 14.3. The SMILES string of the molecule is CCC(c1ccc2cc(O)ccc2c1)C(C)(CC(=O)OC(C)(CC)c1ccccc1)CC(C)(C)C(=O)OC1(CC)CCCC1.